The van der Waals surface area contributed by atoms with Crippen LogP contribution in [0.15, 0.2) is 120 Å². The molecule has 5 aromatic carbocycles. The maximum Gasteiger partial charge on any atom is 0.145 e. The van der Waals surface area contributed by atoms with E-state index < -0.39 is 0 Å². The zero-order valence-corrected chi connectivity index (χ0v) is 21.9. The summed E-state index contributed by atoms with van der Waals surface area (Å²) in [7, 11) is 0. The van der Waals surface area contributed by atoms with Crippen molar-refractivity contribution in [1.29, 1.82) is 0 Å². The Morgan fingerprint density at radius 3 is 2.46 bits per heavy atom. The highest BCUT2D eigenvalue weighted by Crippen LogP contribution is 2.45. The fraction of sp³-hybridized carbons (Fsp3) is 0.0556. The smallest absolute Gasteiger partial charge is 0.145 e. The van der Waals surface area contributed by atoms with Gasteiger partial charge in [0, 0.05) is 37.3 Å². The van der Waals surface area contributed by atoms with Gasteiger partial charge in [-0.25, -0.2) is 0 Å². The Kier molecular flexibility index (Phi) is 4.35. The molecule has 8 aromatic rings. The maximum atomic E-state index is 6.49. The van der Waals surface area contributed by atoms with Gasteiger partial charge < -0.3 is 8.98 Å². The van der Waals surface area contributed by atoms with Crippen molar-refractivity contribution in [3.63, 3.8) is 0 Å². The van der Waals surface area contributed by atoms with E-state index in [1.54, 1.807) is 0 Å². The average molecular weight is 518 g/mol. The lowest BCUT2D eigenvalue weighted by atomic mass is 9.87. The summed E-state index contributed by atoms with van der Waals surface area (Å²) in [6.45, 7) is 0. The molecule has 0 spiro atoms. The molecule has 39 heavy (non-hydrogen) atoms. The number of aromatic nitrogens is 1. The van der Waals surface area contributed by atoms with E-state index in [9.17, 15) is 0 Å². The van der Waals surface area contributed by atoms with Crippen molar-refractivity contribution in [2.45, 2.75) is 12.3 Å². The van der Waals surface area contributed by atoms with E-state index in [-0.39, 0.29) is 0 Å². The second-order valence-electron chi connectivity index (χ2n) is 10.4. The van der Waals surface area contributed by atoms with E-state index in [1.165, 1.54) is 59.0 Å². The van der Waals surface area contributed by atoms with Crippen molar-refractivity contribution in [2.24, 2.45) is 0 Å². The van der Waals surface area contributed by atoms with Gasteiger partial charge in [0.15, 0.2) is 0 Å². The zero-order chi connectivity index (χ0) is 25.5. The molecule has 0 saturated carbocycles. The highest BCUT2D eigenvalue weighted by atomic mass is 32.1. The Labute approximate surface area is 229 Å². The number of fused-ring (bicyclic) bond motifs is 10. The van der Waals surface area contributed by atoms with E-state index in [0.29, 0.717) is 5.92 Å². The second-order valence-corrected chi connectivity index (χ2v) is 11.5. The van der Waals surface area contributed by atoms with E-state index in [1.807, 2.05) is 17.4 Å². The van der Waals surface area contributed by atoms with Gasteiger partial charge in [0.05, 0.1) is 16.4 Å². The molecule has 184 valence electrons. The Morgan fingerprint density at radius 2 is 1.51 bits per heavy atom. The third-order valence-electron chi connectivity index (χ3n) is 8.35. The molecule has 0 fully saturated rings. The van der Waals surface area contributed by atoms with Crippen LogP contribution in [0, 0.1) is 0 Å². The fourth-order valence-corrected chi connectivity index (χ4v) is 7.96. The molecule has 1 aliphatic carbocycles. The van der Waals surface area contributed by atoms with Gasteiger partial charge in [0.1, 0.15) is 11.2 Å². The number of hydrogen-bond acceptors (Lipinski definition) is 2. The molecule has 0 saturated heterocycles. The lowest BCUT2D eigenvalue weighted by molar-refractivity contribution is 0.673. The van der Waals surface area contributed by atoms with Gasteiger partial charge in [-0.15, -0.1) is 11.3 Å². The van der Waals surface area contributed by atoms with Crippen LogP contribution in [-0.2, 0) is 0 Å². The summed E-state index contributed by atoms with van der Waals surface area (Å²) in [4.78, 5) is 1.47. The van der Waals surface area contributed by atoms with Gasteiger partial charge in [-0.3, -0.25) is 0 Å². The number of rotatable bonds is 2. The summed E-state index contributed by atoms with van der Waals surface area (Å²) in [5.74, 6) is 0.359. The van der Waals surface area contributed by atoms with Gasteiger partial charge in [-0.05, 0) is 65.4 Å². The van der Waals surface area contributed by atoms with Crippen LogP contribution < -0.4 is 0 Å². The van der Waals surface area contributed by atoms with Crippen LogP contribution in [0.1, 0.15) is 28.3 Å². The second kappa shape index (κ2) is 7.95. The quantitative estimate of drug-likeness (QED) is 0.223. The van der Waals surface area contributed by atoms with Crippen molar-refractivity contribution >= 4 is 71.2 Å². The van der Waals surface area contributed by atoms with E-state index in [4.69, 9.17) is 4.42 Å². The molecule has 2 nitrogen and oxygen atoms in total. The molecule has 1 aliphatic rings. The number of para-hydroxylation sites is 2. The first-order valence-electron chi connectivity index (χ1n) is 13.5. The Balaban J connectivity index is 1.28. The third kappa shape index (κ3) is 2.96. The van der Waals surface area contributed by atoms with Gasteiger partial charge >= 0.3 is 0 Å². The molecule has 3 aromatic heterocycles. The third-order valence-corrected chi connectivity index (χ3v) is 9.65. The van der Waals surface area contributed by atoms with Crippen LogP contribution >= 0.6 is 11.3 Å². The molecule has 3 heterocycles. The summed E-state index contributed by atoms with van der Waals surface area (Å²) >= 11 is 1.94. The normalized spacial score (nSPS) is 15.2. The van der Waals surface area contributed by atoms with Gasteiger partial charge in [-0.2, -0.15) is 0 Å². The lowest BCUT2D eigenvalue weighted by Gasteiger charge is -2.20. The molecule has 0 amide bonds. The summed E-state index contributed by atoms with van der Waals surface area (Å²) in [5.41, 5.74) is 8.21. The van der Waals surface area contributed by atoms with Gasteiger partial charge in [-0.1, -0.05) is 78.9 Å². The average Bonchev–Trinajstić information content (AvgIpc) is 3.66. The van der Waals surface area contributed by atoms with Gasteiger partial charge in [0.25, 0.3) is 0 Å². The molecule has 0 radical (unpaired) electrons. The Hall–Kier alpha value is -4.60. The summed E-state index contributed by atoms with van der Waals surface area (Å²) in [6, 6.07) is 39.5. The van der Waals surface area contributed by atoms with Crippen LogP contribution in [0.2, 0.25) is 0 Å². The van der Waals surface area contributed by atoms with Crippen molar-refractivity contribution in [3.05, 3.63) is 131 Å². The fourth-order valence-electron chi connectivity index (χ4n) is 6.63. The van der Waals surface area contributed by atoms with E-state index in [0.717, 1.165) is 23.0 Å². The SMILES string of the molecule is C1=Cc2c(sc3ccccc23)C(c2cccc(-n3c4ccccc4c4c5oc6ccccc6c5ccc43)c2)C1. The first kappa shape index (κ1) is 21.3. The molecule has 0 bridgehead atoms. The van der Waals surface area contributed by atoms with Crippen molar-refractivity contribution in [1.82, 2.24) is 4.57 Å². The maximum absolute atomic E-state index is 6.49. The molecule has 1 unspecified atom stereocenters. The number of nitrogens with zero attached hydrogens (tertiary/aromatic N) is 1. The minimum absolute atomic E-state index is 0.359. The topological polar surface area (TPSA) is 18.1 Å². The lowest BCUT2D eigenvalue weighted by Crippen LogP contribution is -2.04. The summed E-state index contributed by atoms with van der Waals surface area (Å²) in [6.07, 6.45) is 5.69. The number of furan rings is 1. The number of hydrogen-bond donors (Lipinski definition) is 0. The minimum Gasteiger partial charge on any atom is -0.455 e. The van der Waals surface area contributed by atoms with Crippen molar-refractivity contribution in [3.8, 4) is 5.69 Å². The van der Waals surface area contributed by atoms with Crippen LogP contribution in [0.4, 0.5) is 0 Å². The van der Waals surface area contributed by atoms with Crippen LogP contribution in [0.3, 0.4) is 0 Å². The van der Waals surface area contributed by atoms with Crippen molar-refractivity contribution < 1.29 is 4.42 Å². The van der Waals surface area contributed by atoms with E-state index in [2.05, 4.69) is 120 Å². The highest BCUT2D eigenvalue weighted by Gasteiger charge is 2.24. The van der Waals surface area contributed by atoms with Gasteiger partial charge in [0.2, 0.25) is 0 Å². The minimum atomic E-state index is 0.359. The van der Waals surface area contributed by atoms with Crippen LogP contribution in [-0.4, -0.2) is 4.57 Å². The standard InChI is InChI=1S/C36H23NOS/c1-4-16-30-29(13-1)34-31(20-19-27-25-11-2-5-17-32(25)38-35(27)34)37(30)23-10-7-9-22(21-23)24-14-8-15-28-26-12-3-6-18-33(26)39-36(24)28/h1-13,15-21,24H,14H2. The first-order chi connectivity index (χ1) is 19.3. The number of benzene rings is 5. The molecular weight excluding hydrogens is 494 g/mol. The molecule has 9 rings (SSSR count). The van der Waals surface area contributed by atoms with Crippen molar-refractivity contribution in [2.75, 3.05) is 0 Å². The summed E-state index contributed by atoms with van der Waals surface area (Å²) in [5, 5.41) is 6.10. The predicted octanol–water partition coefficient (Wildman–Crippen LogP) is 10.4. The highest BCUT2D eigenvalue weighted by molar-refractivity contribution is 7.19. The van der Waals surface area contributed by atoms with Crippen LogP contribution in [0.25, 0.3) is 65.6 Å². The zero-order valence-electron chi connectivity index (χ0n) is 21.1. The monoisotopic (exact) mass is 517 g/mol. The summed E-state index contributed by atoms with van der Waals surface area (Å²) < 4.78 is 10.3. The number of thiophene rings is 1. The first-order valence-corrected chi connectivity index (χ1v) is 14.3. The largest absolute Gasteiger partial charge is 0.455 e. The Morgan fingerprint density at radius 1 is 0.692 bits per heavy atom. The molecule has 0 aliphatic heterocycles. The molecule has 3 heteroatoms. The predicted molar refractivity (Wildman–Crippen MR) is 165 cm³/mol. The van der Waals surface area contributed by atoms with E-state index >= 15 is 0 Å². The van der Waals surface area contributed by atoms with Crippen LogP contribution in [0.5, 0.6) is 0 Å². The Bertz CT molecular complexity index is 2270. The molecular formula is C36H23NOS. The number of allylic oxidation sites excluding steroid dienone is 1. The molecule has 1 atom stereocenters. The molecule has 0 N–H and O–H groups in total.